The first-order valence-electron chi connectivity index (χ1n) is 9.77. The number of halogens is 9. The summed E-state index contributed by atoms with van der Waals surface area (Å²) in [6.07, 6.45) is -10.1. The van der Waals surface area contributed by atoms with Crippen LogP contribution in [0.2, 0.25) is 5.02 Å². The standard InChI is InChI=1S/C21H14ClF8N3O2S/c1-9(2)33(13-4-3-12(23)15(22)16(13)24)19(34)35-17-11(21(28,29)30)7-10(20(25,26)27)8-14(17)32-6-5-31-18(32)36/h3-9H,1-2H3,(H,31,36). The number of nitrogens with one attached hydrogen (secondary N) is 1. The maximum atomic E-state index is 14.6. The average molecular weight is 560 g/mol. The smallest absolute Gasteiger partial charge is 0.407 e. The Morgan fingerprint density at radius 2 is 1.75 bits per heavy atom. The van der Waals surface area contributed by atoms with E-state index in [0.717, 1.165) is 23.0 Å². The molecule has 194 valence electrons. The Bertz CT molecular complexity index is 1360. The fourth-order valence-electron chi connectivity index (χ4n) is 3.21. The number of carbonyl (C=O) groups excluding carboxylic acids is 1. The van der Waals surface area contributed by atoms with Crippen molar-refractivity contribution in [2.45, 2.75) is 32.2 Å². The number of imidazole rings is 1. The van der Waals surface area contributed by atoms with Crippen LogP contribution in [-0.2, 0) is 12.4 Å². The van der Waals surface area contributed by atoms with Gasteiger partial charge in [0.05, 0.1) is 16.9 Å². The zero-order valence-electron chi connectivity index (χ0n) is 18.1. The fourth-order valence-corrected chi connectivity index (χ4v) is 3.60. The van der Waals surface area contributed by atoms with Gasteiger partial charge in [-0.05, 0) is 50.3 Å². The molecule has 0 saturated heterocycles. The van der Waals surface area contributed by atoms with Crippen molar-refractivity contribution < 1.29 is 44.7 Å². The van der Waals surface area contributed by atoms with Crippen LogP contribution >= 0.6 is 23.8 Å². The normalized spacial score (nSPS) is 12.2. The summed E-state index contributed by atoms with van der Waals surface area (Å²) in [6, 6.07) is 0.634. The molecule has 0 spiro atoms. The minimum atomic E-state index is -5.42. The maximum Gasteiger partial charge on any atom is 0.420 e. The molecule has 0 aliphatic rings. The Morgan fingerprint density at radius 1 is 1.11 bits per heavy atom. The van der Waals surface area contributed by atoms with Crippen molar-refractivity contribution in [1.82, 2.24) is 9.55 Å². The number of hydrogen-bond acceptors (Lipinski definition) is 3. The van der Waals surface area contributed by atoms with E-state index in [-0.39, 0.29) is 10.8 Å². The Labute approximate surface area is 207 Å². The van der Waals surface area contributed by atoms with Gasteiger partial charge < -0.3 is 9.72 Å². The Hall–Kier alpha value is -3.13. The number of aromatic amines is 1. The molecule has 3 rings (SSSR count). The van der Waals surface area contributed by atoms with E-state index in [9.17, 15) is 39.9 Å². The van der Waals surface area contributed by atoms with Gasteiger partial charge in [0.1, 0.15) is 16.4 Å². The molecule has 0 saturated carbocycles. The second-order valence-corrected chi connectivity index (χ2v) is 8.29. The first-order valence-corrected chi connectivity index (χ1v) is 10.6. The van der Waals surface area contributed by atoms with Crippen molar-refractivity contribution in [3.05, 3.63) is 69.2 Å². The Kier molecular flexibility index (Phi) is 7.42. The van der Waals surface area contributed by atoms with Gasteiger partial charge in [-0.2, -0.15) is 26.3 Å². The number of ether oxygens (including phenoxy) is 1. The van der Waals surface area contributed by atoms with Gasteiger partial charge in [-0.15, -0.1) is 0 Å². The number of aromatic nitrogens is 2. The summed E-state index contributed by atoms with van der Waals surface area (Å²) in [5.41, 5.74) is -5.13. The number of alkyl halides is 6. The highest BCUT2D eigenvalue weighted by Crippen LogP contribution is 2.44. The van der Waals surface area contributed by atoms with Gasteiger partial charge in [-0.25, -0.2) is 13.6 Å². The van der Waals surface area contributed by atoms with Gasteiger partial charge in [0.2, 0.25) is 0 Å². The van der Waals surface area contributed by atoms with Gasteiger partial charge >= 0.3 is 18.4 Å². The van der Waals surface area contributed by atoms with Crippen molar-refractivity contribution >= 4 is 35.6 Å². The molecular weight excluding hydrogens is 546 g/mol. The van der Waals surface area contributed by atoms with Crippen LogP contribution in [0, 0.1) is 16.4 Å². The topological polar surface area (TPSA) is 50.3 Å². The van der Waals surface area contributed by atoms with E-state index < -0.39 is 69.4 Å². The molecule has 0 atom stereocenters. The minimum Gasteiger partial charge on any atom is -0.407 e. The molecule has 1 amide bonds. The predicted molar refractivity (Wildman–Crippen MR) is 116 cm³/mol. The van der Waals surface area contributed by atoms with Crippen LogP contribution in [0.15, 0.2) is 36.7 Å². The molecule has 0 unspecified atom stereocenters. The van der Waals surface area contributed by atoms with Gasteiger partial charge in [0.25, 0.3) is 0 Å². The number of hydrogen-bond donors (Lipinski definition) is 1. The zero-order valence-corrected chi connectivity index (χ0v) is 19.6. The summed E-state index contributed by atoms with van der Waals surface area (Å²) < 4.78 is 116. The van der Waals surface area contributed by atoms with E-state index in [1.807, 2.05) is 0 Å². The summed E-state index contributed by atoms with van der Waals surface area (Å²) in [4.78, 5) is 16.0. The third-order valence-corrected chi connectivity index (χ3v) is 5.45. The SMILES string of the molecule is CC(C)N(C(=O)Oc1c(-n2cc[nH]c2=S)cc(C(F)(F)F)cc1C(F)(F)F)c1ccc(F)c(Cl)c1F. The van der Waals surface area contributed by atoms with Crippen molar-refractivity contribution in [3.8, 4) is 11.4 Å². The number of H-pyrrole nitrogens is 1. The molecule has 0 bridgehead atoms. The average Bonchev–Trinajstić information content (AvgIpc) is 3.17. The van der Waals surface area contributed by atoms with Gasteiger partial charge in [-0.1, -0.05) is 11.6 Å². The molecule has 2 aromatic carbocycles. The number of anilines is 1. The lowest BCUT2D eigenvalue weighted by Crippen LogP contribution is -2.40. The van der Waals surface area contributed by atoms with E-state index >= 15 is 0 Å². The van der Waals surface area contributed by atoms with Crippen LogP contribution < -0.4 is 9.64 Å². The second kappa shape index (κ2) is 9.73. The van der Waals surface area contributed by atoms with Crippen LogP contribution in [0.25, 0.3) is 5.69 Å². The number of carbonyl (C=O) groups is 1. The third-order valence-electron chi connectivity index (χ3n) is 4.79. The molecule has 0 aliphatic heterocycles. The first kappa shape index (κ1) is 27.5. The second-order valence-electron chi connectivity index (χ2n) is 7.53. The monoisotopic (exact) mass is 559 g/mol. The Morgan fingerprint density at radius 3 is 2.25 bits per heavy atom. The summed E-state index contributed by atoms with van der Waals surface area (Å²) in [5.74, 6) is -3.89. The van der Waals surface area contributed by atoms with Crippen molar-refractivity contribution in [2.75, 3.05) is 4.90 Å². The van der Waals surface area contributed by atoms with Gasteiger partial charge in [0, 0.05) is 18.4 Å². The van der Waals surface area contributed by atoms with Crippen LogP contribution in [0.1, 0.15) is 25.0 Å². The zero-order chi connectivity index (χ0) is 27.2. The third kappa shape index (κ3) is 5.33. The summed E-state index contributed by atoms with van der Waals surface area (Å²) >= 11 is 10.5. The number of amides is 1. The van der Waals surface area contributed by atoms with Crippen molar-refractivity contribution in [2.24, 2.45) is 0 Å². The molecular formula is C21H14ClF8N3O2S. The molecule has 3 aromatic rings. The highest BCUT2D eigenvalue weighted by Gasteiger charge is 2.42. The summed E-state index contributed by atoms with van der Waals surface area (Å²) in [6.45, 7) is 2.66. The highest BCUT2D eigenvalue weighted by atomic mass is 35.5. The van der Waals surface area contributed by atoms with Crippen LogP contribution in [0.4, 0.5) is 45.6 Å². The number of benzene rings is 2. The van der Waals surface area contributed by atoms with E-state index in [2.05, 4.69) is 4.98 Å². The van der Waals surface area contributed by atoms with Crippen LogP contribution in [0.5, 0.6) is 5.75 Å². The molecule has 0 aliphatic carbocycles. The number of nitrogens with zero attached hydrogens (tertiary/aromatic N) is 2. The van der Waals surface area contributed by atoms with E-state index in [1.165, 1.54) is 13.8 Å². The Balaban J connectivity index is 2.26. The molecule has 36 heavy (non-hydrogen) atoms. The molecule has 0 radical (unpaired) electrons. The van der Waals surface area contributed by atoms with E-state index in [0.29, 0.717) is 17.0 Å². The largest absolute Gasteiger partial charge is 0.420 e. The maximum absolute atomic E-state index is 14.6. The van der Waals surface area contributed by atoms with Gasteiger partial charge in [-0.3, -0.25) is 9.47 Å². The minimum absolute atomic E-state index is 0.225. The lowest BCUT2D eigenvalue weighted by molar-refractivity contribution is -0.143. The van der Waals surface area contributed by atoms with Crippen LogP contribution in [-0.4, -0.2) is 21.7 Å². The quantitative estimate of drug-likeness (QED) is 0.201. The van der Waals surface area contributed by atoms with Crippen molar-refractivity contribution in [3.63, 3.8) is 0 Å². The summed E-state index contributed by atoms with van der Waals surface area (Å²) in [7, 11) is 0. The summed E-state index contributed by atoms with van der Waals surface area (Å²) in [5, 5.41) is -0.990. The number of rotatable bonds is 4. The molecule has 1 aromatic heterocycles. The molecule has 1 heterocycles. The molecule has 1 N–H and O–H groups in total. The van der Waals surface area contributed by atoms with Gasteiger partial charge in [0.15, 0.2) is 16.3 Å². The molecule has 5 nitrogen and oxygen atoms in total. The highest BCUT2D eigenvalue weighted by molar-refractivity contribution is 7.71. The van der Waals surface area contributed by atoms with Crippen LogP contribution in [0.3, 0.4) is 0 Å². The first-order chi connectivity index (χ1) is 16.5. The van der Waals surface area contributed by atoms with E-state index in [1.54, 1.807) is 0 Å². The predicted octanol–water partition coefficient (Wildman–Crippen LogP) is 7.92. The van der Waals surface area contributed by atoms with E-state index in [4.69, 9.17) is 28.6 Å². The lowest BCUT2D eigenvalue weighted by Gasteiger charge is -2.28. The fraction of sp³-hybridized carbons (Fsp3) is 0.238. The molecule has 15 heteroatoms. The lowest BCUT2D eigenvalue weighted by atomic mass is 10.1. The van der Waals surface area contributed by atoms with Crippen molar-refractivity contribution in [1.29, 1.82) is 0 Å². The molecule has 0 fully saturated rings.